The molecule has 0 spiro atoms. The Morgan fingerprint density at radius 1 is 0.821 bits per heavy atom. The van der Waals surface area contributed by atoms with E-state index in [4.69, 9.17) is 23.7 Å². The fourth-order valence-corrected chi connectivity index (χ4v) is 4.34. The van der Waals surface area contributed by atoms with Crippen LogP contribution in [0, 0.1) is 0 Å². The molecular weight excluding hydrogens is 496 g/mol. The molecule has 3 aromatic rings. The Kier molecular flexibility index (Phi) is 12.3. The van der Waals surface area contributed by atoms with Crippen molar-refractivity contribution in [2.24, 2.45) is 0 Å². The van der Waals surface area contributed by atoms with Gasteiger partial charge in [0.15, 0.2) is 6.10 Å². The molecule has 0 aliphatic rings. The lowest BCUT2D eigenvalue weighted by molar-refractivity contribution is -0.208. The second kappa shape index (κ2) is 15.9. The minimum Gasteiger partial charge on any atom is -0.453 e. The lowest BCUT2D eigenvalue weighted by Crippen LogP contribution is -2.61. The molecular formula is C32H38O7. The van der Waals surface area contributed by atoms with E-state index >= 15 is 0 Å². The lowest BCUT2D eigenvalue weighted by Gasteiger charge is -2.42. The molecule has 3 aromatic carbocycles. The molecule has 7 nitrogen and oxygen atoms in total. The van der Waals surface area contributed by atoms with E-state index in [1.807, 2.05) is 66.7 Å². The third-order valence-electron chi connectivity index (χ3n) is 6.46. The summed E-state index contributed by atoms with van der Waals surface area (Å²) in [5.74, 6) is -0.603. The van der Waals surface area contributed by atoms with Crippen LogP contribution in [0.3, 0.4) is 0 Å². The van der Waals surface area contributed by atoms with Crippen LogP contribution in [0.1, 0.15) is 27.9 Å². The smallest absolute Gasteiger partial charge is 0.338 e. The van der Waals surface area contributed by atoms with Crippen molar-refractivity contribution in [2.75, 3.05) is 27.4 Å². The molecule has 4 atom stereocenters. The fourth-order valence-electron chi connectivity index (χ4n) is 4.34. The van der Waals surface area contributed by atoms with Crippen LogP contribution in [-0.2, 0) is 36.9 Å². The molecule has 0 saturated carbocycles. The summed E-state index contributed by atoms with van der Waals surface area (Å²) in [6, 6.07) is 28.0. The van der Waals surface area contributed by atoms with Crippen LogP contribution in [0.4, 0.5) is 0 Å². The van der Waals surface area contributed by atoms with Crippen LogP contribution < -0.4 is 0 Å². The Morgan fingerprint density at radius 3 is 1.82 bits per heavy atom. The number of benzene rings is 3. The predicted molar refractivity (Wildman–Crippen MR) is 149 cm³/mol. The van der Waals surface area contributed by atoms with Gasteiger partial charge < -0.3 is 28.8 Å². The van der Waals surface area contributed by atoms with Crippen molar-refractivity contribution in [3.8, 4) is 0 Å². The molecule has 0 aliphatic carbocycles. The first kappa shape index (κ1) is 30.2. The van der Waals surface area contributed by atoms with E-state index in [2.05, 4.69) is 6.58 Å². The van der Waals surface area contributed by atoms with Crippen LogP contribution in [0.5, 0.6) is 0 Å². The molecule has 0 amide bonds. The van der Waals surface area contributed by atoms with Gasteiger partial charge in [-0.15, -0.1) is 6.58 Å². The minimum atomic E-state index is -1.74. The first-order valence-corrected chi connectivity index (χ1v) is 12.9. The molecule has 0 aromatic heterocycles. The van der Waals surface area contributed by atoms with Crippen LogP contribution in [0.25, 0.3) is 0 Å². The maximum atomic E-state index is 13.2. The number of rotatable bonds is 17. The van der Waals surface area contributed by atoms with Crippen LogP contribution in [0.2, 0.25) is 0 Å². The highest BCUT2D eigenvalue weighted by molar-refractivity contribution is 5.89. The summed E-state index contributed by atoms with van der Waals surface area (Å²) >= 11 is 0. The highest BCUT2D eigenvalue weighted by atomic mass is 16.6. The van der Waals surface area contributed by atoms with Crippen molar-refractivity contribution in [1.82, 2.24) is 0 Å². The van der Waals surface area contributed by atoms with Gasteiger partial charge in [0, 0.05) is 20.6 Å². The third-order valence-corrected chi connectivity index (χ3v) is 6.46. The summed E-state index contributed by atoms with van der Waals surface area (Å²) in [5, 5.41) is 12.2. The number of hydrogen-bond donors (Lipinski definition) is 1. The van der Waals surface area contributed by atoms with Crippen LogP contribution in [-0.4, -0.2) is 62.4 Å². The number of carbonyl (C=O) groups is 1. The molecule has 0 heterocycles. The molecule has 3 rings (SSSR count). The first-order chi connectivity index (χ1) is 19.0. The lowest BCUT2D eigenvalue weighted by atomic mass is 9.83. The van der Waals surface area contributed by atoms with Crippen molar-refractivity contribution in [1.29, 1.82) is 0 Å². The van der Waals surface area contributed by atoms with Crippen molar-refractivity contribution in [2.45, 2.75) is 43.5 Å². The van der Waals surface area contributed by atoms with Gasteiger partial charge in [0.1, 0.15) is 17.8 Å². The fraction of sp³-hybridized carbons (Fsp3) is 0.344. The highest BCUT2D eigenvalue weighted by Gasteiger charge is 2.50. The van der Waals surface area contributed by atoms with Gasteiger partial charge in [-0.25, -0.2) is 4.79 Å². The van der Waals surface area contributed by atoms with Crippen LogP contribution >= 0.6 is 0 Å². The summed E-state index contributed by atoms with van der Waals surface area (Å²) < 4.78 is 29.3. The Hall–Kier alpha value is -3.33. The number of aliphatic hydroxyl groups is 1. The zero-order valence-electron chi connectivity index (χ0n) is 22.6. The Bertz CT molecular complexity index is 1110. The summed E-state index contributed by atoms with van der Waals surface area (Å²) in [5.41, 5.74) is 0.568. The van der Waals surface area contributed by atoms with Crippen molar-refractivity contribution >= 4 is 5.97 Å². The largest absolute Gasteiger partial charge is 0.453 e. The third kappa shape index (κ3) is 8.85. The van der Waals surface area contributed by atoms with Crippen molar-refractivity contribution < 1.29 is 33.6 Å². The summed E-state index contributed by atoms with van der Waals surface area (Å²) in [4.78, 5) is 13.2. The second-order valence-corrected chi connectivity index (χ2v) is 9.18. The van der Waals surface area contributed by atoms with Gasteiger partial charge >= 0.3 is 5.97 Å². The topological polar surface area (TPSA) is 83.5 Å². The average molecular weight is 535 g/mol. The van der Waals surface area contributed by atoms with Gasteiger partial charge in [0.05, 0.1) is 32.0 Å². The number of ether oxygens (including phenoxy) is 5. The van der Waals surface area contributed by atoms with Crippen molar-refractivity contribution in [3.05, 3.63) is 120 Å². The molecule has 0 unspecified atom stereocenters. The molecule has 0 saturated heterocycles. The zero-order chi connectivity index (χ0) is 27.9. The Balaban J connectivity index is 1.84. The van der Waals surface area contributed by atoms with Gasteiger partial charge in [-0.3, -0.25) is 0 Å². The van der Waals surface area contributed by atoms with Crippen LogP contribution in [0.15, 0.2) is 104 Å². The van der Waals surface area contributed by atoms with Crippen molar-refractivity contribution in [3.63, 3.8) is 0 Å². The maximum absolute atomic E-state index is 13.2. The number of hydrogen-bond acceptors (Lipinski definition) is 7. The van der Waals surface area contributed by atoms with E-state index in [1.54, 1.807) is 30.3 Å². The minimum absolute atomic E-state index is 0.0381. The van der Waals surface area contributed by atoms with E-state index in [0.717, 1.165) is 11.1 Å². The second-order valence-electron chi connectivity index (χ2n) is 9.18. The van der Waals surface area contributed by atoms with E-state index in [-0.39, 0.29) is 19.6 Å². The van der Waals surface area contributed by atoms with Gasteiger partial charge in [-0.1, -0.05) is 84.9 Å². The molecule has 1 N–H and O–H groups in total. The molecule has 208 valence electrons. The first-order valence-electron chi connectivity index (χ1n) is 12.9. The molecule has 0 bridgehead atoms. The van der Waals surface area contributed by atoms with E-state index < -0.39 is 29.9 Å². The number of esters is 1. The normalized spacial score (nSPS) is 15.1. The molecule has 0 radical (unpaired) electrons. The van der Waals surface area contributed by atoms with E-state index in [1.165, 1.54) is 14.2 Å². The Labute approximate surface area is 230 Å². The van der Waals surface area contributed by atoms with Gasteiger partial charge in [-0.05, 0) is 23.3 Å². The highest BCUT2D eigenvalue weighted by Crippen LogP contribution is 2.31. The summed E-state index contributed by atoms with van der Waals surface area (Å²) in [6.45, 7) is 4.57. The monoisotopic (exact) mass is 534 g/mol. The zero-order valence-corrected chi connectivity index (χ0v) is 22.6. The summed E-state index contributed by atoms with van der Waals surface area (Å²) in [7, 11) is 2.97. The predicted octanol–water partition coefficient (Wildman–Crippen LogP) is 4.98. The number of methoxy groups -OCH3 is 2. The SMILES string of the molecule is C=CC[C@](O)([C@H](OC(=O)c1ccccc1)[C@@H](COCc1ccccc1)OC)[C@@H](COCc1ccccc1)OC. The summed E-state index contributed by atoms with van der Waals surface area (Å²) in [6.07, 6.45) is -1.26. The quantitative estimate of drug-likeness (QED) is 0.193. The van der Waals surface area contributed by atoms with Gasteiger partial charge in [0.2, 0.25) is 0 Å². The average Bonchev–Trinajstić information content (AvgIpc) is 2.98. The standard InChI is InChI=1S/C32H38O7/c1-4-20-32(34,29(36-3)24-38-22-26-16-10-6-11-17-26)30(39-31(33)27-18-12-7-13-19-27)28(35-2)23-37-21-25-14-8-5-9-15-25/h4-19,28-30,34H,1,20-24H2,2-3H3/t28-,29-,30-,32-/m1/s1. The molecule has 7 heteroatoms. The van der Waals surface area contributed by atoms with Gasteiger partial charge in [0.25, 0.3) is 0 Å². The molecule has 0 fully saturated rings. The number of carbonyl (C=O) groups excluding carboxylic acids is 1. The van der Waals surface area contributed by atoms with E-state index in [0.29, 0.717) is 18.8 Å². The van der Waals surface area contributed by atoms with E-state index in [9.17, 15) is 9.90 Å². The maximum Gasteiger partial charge on any atom is 0.338 e. The molecule has 0 aliphatic heterocycles. The van der Waals surface area contributed by atoms with Gasteiger partial charge in [-0.2, -0.15) is 0 Å². The Morgan fingerprint density at radius 2 is 1.33 bits per heavy atom. The molecule has 39 heavy (non-hydrogen) atoms.